The first-order valence-corrected chi connectivity index (χ1v) is 7.10. The molecule has 0 aliphatic rings. The van der Waals surface area contributed by atoms with Crippen LogP contribution in [-0.4, -0.2) is 30.1 Å². The minimum atomic E-state index is -0.806. The van der Waals surface area contributed by atoms with Gasteiger partial charge in [-0.1, -0.05) is 19.1 Å². The minimum Gasteiger partial charge on any atom is -0.483 e. The molecule has 0 radical (unpaired) electrons. The second-order valence-corrected chi connectivity index (χ2v) is 5.22. The third-order valence-corrected chi connectivity index (χ3v) is 3.47. The Morgan fingerprint density at radius 1 is 1.33 bits per heavy atom. The van der Waals surface area contributed by atoms with Crippen LogP contribution in [0.15, 0.2) is 18.2 Å². The lowest BCUT2D eigenvalue weighted by molar-refractivity contribution is -0.141. The van der Waals surface area contributed by atoms with Gasteiger partial charge in [-0.25, -0.2) is 0 Å². The summed E-state index contributed by atoms with van der Waals surface area (Å²) in [4.78, 5) is 22.3. The Bertz CT molecular complexity index is 499. The number of aliphatic carboxylic acids is 1. The maximum atomic E-state index is 11.6. The lowest BCUT2D eigenvalue weighted by Crippen LogP contribution is -2.30. The zero-order valence-corrected chi connectivity index (χ0v) is 12.8. The quantitative estimate of drug-likeness (QED) is 0.721. The predicted molar refractivity (Wildman–Crippen MR) is 80.5 cm³/mol. The monoisotopic (exact) mass is 293 g/mol. The molecule has 0 aliphatic carbocycles. The molecule has 1 aromatic rings. The van der Waals surface area contributed by atoms with E-state index in [2.05, 4.69) is 5.32 Å². The number of benzene rings is 1. The molecule has 0 bridgehead atoms. The average molecular weight is 293 g/mol. The molecule has 1 aromatic carbocycles. The van der Waals surface area contributed by atoms with Crippen LogP contribution in [0.2, 0.25) is 0 Å². The van der Waals surface area contributed by atoms with Crippen LogP contribution in [0, 0.1) is 19.8 Å². The summed E-state index contributed by atoms with van der Waals surface area (Å²) in [6.45, 7) is 6.04. The second-order valence-electron chi connectivity index (χ2n) is 5.22. The third-order valence-electron chi connectivity index (χ3n) is 3.47. The van der Waals surface area contributed by atoms with Crippen molar-refractivity contribution in [3.05, 3.63) is 29.3 Å². The molecule has 0 aliphatic heterocycles. The van der Waals surface area contributed by atoms with Gasteiger partial charge >= 0.3 is 5.97 Å². The zero-order chi connectivity index (χ0) is 15.8. The first kappa shape index (κ1) is 17.0. The summed E-state index contributed by atoms with van der Waals surface area (Å²) in [5, 5.41) is 11.5. The SMILES string of the molecule is Cc1cccc(OCC(=O)NCCCC(C)C(=O)O)c1C. The highest BCUT2D eigenvalue weighted by Gasteiger charge is 2.10. The molecule has 0 saturated heterocycles. The van der Waals surface area contributed by atoms with E-state index in [4.69, 9.17) is 9.84 Å². The Morgan fingerprint density at radius 3 is 2.71 bits per heavy atom. The van der Waals surface area contributed by atoms with Crippen molar-refractivity contribution in [2.24, 2.45) is 5.92 Å². The van der Waals surface area contributed by atoms with Gasteiger partial charge in [0.15, 0.2) is 6.61 Å². The Morgan fingerprint density at radius 2 is 2.05 bits per heavy atom. The van der Waals surface area contributed by atoms with Crippen molar-refractivity contribution >= 4 is 11.9 Å². The second kappa shape index (κ2) is 8.29. The number of aryl methyl sites for hydroxylation is 1. The molecule has 1 atom stereocenters. The molecule has 1 rings (SSSR count). The van der Waals surface area contributed by atoms with Crippen LogP contribution in [0.25, 0.3) is 0 Å². The van der Waals surface area contributed by atoms with Crippen molar-refractivity contribution in [2.75, 3.05) is 13.2 Å². The van der Waals surface area contributed by atoms with Crippen LogP contribution < -0.4 is 10.1 Å². The molecule has 5 heteroatoms. The van der Waals surface area contributed by atoms with Gasteiger partial charge in [0, 0.05) is 6.54 Å². The number of carboxylic acid groups (broad SMARTS) is 1. The van der Waals surface area contributed by atoms with Gasteiger partial charge in [0.25, 0.3) is 5.91 Å². The van der Waals surface area contributed by atoms with Gasteiger partial charge in [0.05, 0.1) is 5.92 Å². The van der Waals surface area contributed by atoms with Crippen LogP contribution in [0.4, 0.5) is 0 Å². The largest absolute Gasteiger partial charge is 0.483 e. The predicted octanol–water partition coefficient (Wildman–Crippen LogP) is 2.30. The van der Waals surface area contributed by atoms with E-state index in [1.165, 1.54) is 0 Å². The van der Waals surface area contributed by atoms with Crippen molar-refractivity contribution < 1.29 is 19.4 Å². The molecular weight excluding hydrogens is 270 g/mol. The molecule has 0 heterocycles. The van der Waals surface area contributed by atoms with Crippen LogP contribution >= 0.6 is 0 Å². The summed E-state index contributed by atoms with van der Waals surface area (Å²) in [7, 11) is 0. The van der Waals surface area contributed by atoms with Crippen LogP contribution in [0.5, 0.6) is 5.75 Å². The molecule has 21 heavy (non-hydrogen) atoms. The van der Waals surface area contributed by atoms with Gasteiger partial charge in [0.2, 0.25) is 0 Å². The fourth-order valence-electron chi connectivity index (χ4n) is 1.83. The lowest BCUT2D eigenvalue weighted by Gasteiger charge is -2.11. The highest BCUT2D eigenvalue weighted by molar-refractivity contribution is 5.77. The van der Waals surface area contributed by atoms with Gasteiger partial charge < -0.3 is 15.2 Å². The van der Waals surface area contributed by atoms with E-state index in [9.17, 15) is 9.59 Å². The first-order chi connectivity index (χ1) is 9.91. The number of ether oxygens (including phenoxy) is 1. The smallest absolute Gasteiger partial charge is 0.306 e. The molecule has 0 aromatic heterocycles. The van der Waals surface area contributed by atoms with Crippen LogP contribution in [0.1, 0.15) is 30.9 Å². The van der Waals surface area contributed by atoms with E-state index in [1.54, 1.807) is 6.92 Å². The number of carboxylic acids is 1. The van der Waals surface area contributed by atoms with E-state index >= 15 is 0 Å². The van der Waals surface area contributed by atoms with Crippen molar-refractivity contribution in [3.8, 4) is 5.75 Å². The van der Waals surface area contributed by atoms with Crippen molar-refractivity contribution in [1.82, 2.24) is 5.32 Å². The number of amides is 1. The maximum absolute atomic E-state index is 11.6. The van der Waals surface area contributed by atoms with Gasteiger partial charge in [-0.2, -0.15) is 0 Å². The summed E-state index contributed by atoms with van der Waals surface area (Å²) in [5.74, 6) is -0.670. The standard InChI is InChI=1S/C16H23NO4/c1-11-6-4-8-14(13(11)3)21-10-15(18)17-9-5-7-12(2)16(19)20/h4,6,8,12H,5,7,9-10H2,1-3H3,(H,17,18)(H,19,20). The Balaban J connectivity index is 2.25. The molecule has 0 fully saturated rings. The molecule has 1 amide bonds. The molecular formula is C16H23NO4. The topological polar surface area (TPSA) is 75.6 Å². The van der Waals surface area contributed by atoms with E-state index in [1.807, 2.05) is 32.0 Å². The number of hydrogen-bond acceptors (Lipinski definition) is 3. The third kappa shape index (κ3) is 5.85. The van der Waals surface area contributed by atoms with Crippen LogP contribution in [-0.2, 0) is 9.59 Å². The fourth-order valence-corrected chi connectivity index (χ4v) is 1.83. The molecule has 0 saturated carbocycles. The first-order valence-electron chi connectivity index (χ1n) is 7.10. The highest BCUT2D eigenvalue weighted by atomic mass is 16.5. The fraction of sp³-hybridized carbons (Fsp3) is 0.500. The van der Waals surface area contributed by atoms with E-state index < -0.39 is 5.97 Å². The molecule has 0 spiro atoms. The highest BCUT2D eigenvalue weighted by Crippen LogP contribution is 2.20. The number of hydrogen-bond donors (Lipinski definition) is 2. The van der Waals surface area contributed by atoms with Gasteiger partial charge in [-0.15, -0.1) is 0 Å². The molecule has 2 N–H and O–H groups in total. The number of rotatable bonds is 8. The minimum absolute atomic E-state index is 0.0290. The Kier molecular flexibility index (Phi) is 6.72. The average Bonchev–Trinajstić information content (AvgIpc) is 2.44. The number of nitrogens with one attached hydrogen (secondary N) is 1. The number of carbonyl (C=O) groups is 2. The van der Waals surface area contributed by atoms with Gasteiger partial charge in [0.1, 0.15) is 5.75 Å². The van der Waals surface area contributed by atoms with E-state index in [0.717, 1.165) is 11.1 Å². The molecule has 116 valence electrons. The van der Waals surface area contributed by atoms with E-state index in [-0.39, 0.29) is 18.4 Å². The van der Waals surface area contributed by atoms with Crippen molar-refractivity contribution in [1.29, 1.82) is 0 Å². The van der Waals surface area contributed by atoms with Gasteiger partial charge in [-0.05, 0) is 43.9 Å². The molecule has 5 nitrogen and oxygen atoms in total. The number of carbonyl (C=O) groups excluding carboxylic acids is 1. The van der Waals surface area contributed by atoms with E-state index in [0.29, 0.717) is 25.1 Å². The summed E-state index contributed by atoms with van der Waals surface area (Å²) in [6.07, 6.45) is 1.19. The van der Waals surface area contributed by atoms with Crippen molar-refractivity contribution in [3.63, 3.8) is 0 Å². The Hall–Kier alpha value is -2.04. The summed E-state index contributed by atoms with van der Waals surface area (Å²) < 4.78 is 5.49. The molecule has 1 unspecified atom stereocenters. The van der Waals surface area contributed by atoms with Crippen molar-refractivity contribution in [2.45, 2.75) is 33.6 Å². The maximum Gasteiger partial charge on any atom is 0.306 e. The van der Waals surface area contributed by atoms with Crippen LogP contribution in [0.3, 0.4) is 0 Å². The zero-order valence-electron chi connectivity index (χ0n) is 12.8. The lowest BCUT2D eigenvalue weighted by atomic mass is 10.1. The summed E-state index contributed by atoms with van der Waals surface area (Å²) >= 11 is 0. The summed E-state index contributed by atoms with van der Waals surface area (Å²) in [6, 6.07) is 5.72. The Labute approximate surface area is 125 Å². The van der Waals surface area contributed by atoms with Gasteiger partial charge in [-0.3, -0.25) is 9.59 Å². The normalized spacial score (nSPS) is 11.8. The summed E-state index contributed by atoms with van der Waals surface area (Å²) in [5.41, 5.74) is 2.15.